The van der Waals surface area contributed by atoms with E-state index in [0.717, 1.165) is 30.3 Å². The number of rotatable bonds is 10. The predicted molar refractivity (Wildman–Crippen MR) is 154 cm³/mol. The maximum Gasteiger partial charge on any atom is 0.335 e. The molecule has 45 heavy (non-hydrogen) atoms. The minimum Gasteiger partial charge on any atom is -0.504 e. The minimum atomic E-state index is -1.55. The average Bonchev–Trinajstić information content (AvgIpc) is 3.44. The summed E-state index contributed by atoms with van der Waals surface area (Å²) in [5.74, 6) is -10.2. The van der Waals surface area contributed by atoms with Crippen LogP contribution < -0.4 is 19.9 Å². The number of likely N-dealkylation sites (N-methyl/N-ethyl adjacent to an activating group) is 1. The molecule has 0 radical (unpaired) electrons. The van der Waals surface area contributed by atoms with E-state index in [-0.39, 0.29) is 11.3 Å². The summed E-state index contributed by atoms with van der Waals surface area (Å²) in [4.78, 5) is 33.3. The number of aliphatic imine (C=N–C) groups is 1. The van der Waals surface area contributed by atoms with Crippen molar-refractivity contribution < 1.29 is 47.9 Å². The first-order valence-corrected chi connectivity index (χ1v) is 13.0. The molecule has 0 saturated heterocycles. The second-order valence-electron chi connectivity index (χ2n) is 9.59. The Hall–Kier alpha value is -6.25. The van der Waals surface area contributed by atoms with Gasteiger partial charge in [-0.3, -0.25) is 10.4 Å². The maximum absolute atomic E-state index is 15.9. The van der Waals surface area contributed by atoms with Gasteiger partial charge in [0.15, 0.2) is 11.5 Å². The summed E-state index contributed by atoms with van der Waals surface area (Å²) in [6, 6.07) is 12.5. The van der Waals surface area contributed by atoms with Gasteiger partial charge in [0.1, 0.15) is 23.2 Å². The standard InChI is InChI=1S/C30H23F2N5O8/c1-37-8-7-35-26(37)15-3-2-4-18(10-15)44-27-22(31)24(43-19-11-16(29(39)40)9-17(12-19)30(41)42)23(32)28(36-27)45-21-13-14(25(33)34)5-6-20(21)38/h2-6,9-13,38H,7-8H2,1H3,(H3,33,34)(H,39,40)(H,41,42). The van der Waals surface area contributed by atoms with Crippen molar-refractivity contribution in [2.75, 3.05) is 20.1 Å². The molecule has 1 aliphatic heterocycles. The number of hydrogen-bond donors (Lipinski definition) is 5. The van der Waals surface area contributed by atoms with E-state index in [2.05, 4.69) is 9.98 Å². The van der Waals surface area contributed by atoms with Gasteiger partial charge in [-0.25, -0.2) is 9.59 Å². The molecule has 3 aromatic carbocycles. The monoisotopic (exact) mass is 619 g/mol. The van der Waals surface area contributed by atoms with Gasteiger partial charge in [-0.1, -0.05) is 12.1 Å². The van der Waals surface area contributed by atoms with E-state index in [1.165, 1.54) is 12.1 Å². The minimum absolute atomic E-state index is 0.0628. The normalized spacial score (nSPS) is 12.4. The molecule has 15 heteroatoms. The number of nitrogens with zero attached hydrogens (tertiary/aromatic N) is 3. The number of phenolic OH excluding ortho intramolecular Hbond substituents is 1. The number of benzene rings is 3. The van der Waals surface area contributed by atoms with Gasteiger partial charge < -0.3 is 40.2 Å². The molecular formula is C30H23F2N5O8. The molecule has 13 nitrogen and oxygen atoms in total. The van der Waals surface area contributed by atoms with Crippen LogP contribution in [-0.2, 0) is 0 Å². The molecule has 0 unspecified atom stereocenters. The van der Waals surface area contributed by atoms with Crippen molar-refractivity contribution in [1.82, 2.24) is 9.88 Å². The molecule has 0 atom stereocenters. The van der Waals surface area contributed by atoms with Crippen LogP contribution in [0.15, 0.2) is 65.7 Å². The van der Waals surface area contributed by atoms with E-state index in [4.69, 9.17) is 25.4 Å². The van der Waals surface area contributed by atoms with Crippen molar-refractivity contribution in [2.45, 2.75) is 0 Å². The molecule has 6 N–H and O–H groups in total. The molecule has 0 aliphatic carbocycles. The average molecular weight is 620 g/mol. The number of hydrogen-bond acceptors (Lipinski definition) is 10. The van der Waals surface area contributed by atoms with Crippen molar-refractivity contribution in [3.63, 3.8) is 0 Å². The lowest BCUT2D eigenvalue weighted by Gasteiger charge is -2.17. The lowest BCUT2D eigenvalue weighted by molar-refractivity contribution is 0.0696. The molecule has 0 bridgehead atoms. The Bertz CT molecular complexity index is 1870. The van der Waals surface area contributed by atoms with Gasteiger partial charge in [0, 0.05) is 24.7 Å². The number of carboxylic acid groups (broad SMARTS) is 2. The fourth-order valence-corrected chi connectivity index (χ4v) is 4.25. The van der Waals surface area contributed by atoms with Crippen LogP contribution >= 0.6 is 0 Å². The molecule has 230 valence electrons. The Labute approximate surface area is 252 Å². The van der Waals surface area contributed by atoms with E-state index in [1.807, 2.05) is 11.9 Å². The highest BCUT2D eigenvalue weighted by Gasteiger charge is 2.28. The first-order chi connectivity index (χ1) is 21.4. The van der Waals surface area contributed by atoms with E-state index < -0.39 is 75.3 Å². The van der Waals surface area contributed by atoms with E-state index in [1.54, 1.807) is 18.2 Å². The van der Waals surface area contributed by atoms with Gasteiger partial charge in [0.25, 0.3) is 11.8 Å². The van der Waals surface area contributed by atoms with Crippen LogP contribution in [0.3, 0.4) is 0 Å². The maximum atomic E-state index is 15.9. The number of nitrogens with two attached hydrogens (primary N) is 1. The zero-order valence-electron chi connectivity index (χ0n) is 23.2. The number of nitrogen functional groups attached to an aromatic ring is 1. The summed E-state index contributed by atoms with van der Waals surface area (Å²) in [7, 11) is 1.85. The molecule has 1 aliphatic rings. The summed E-state index contributed by atoms with van der Waals surface area (Å²) in [6.45, 7) is 1.27. The molecule has 0 spiro atoms. The molecule has 0 fully saturated rings. The number of aromatic hydroxyl groups is 1. The van der Waals surface area contributed by atoms with Gasteiger partial charge in [0.2, 0.25) is 17.4 Å². The Balaban J connectivity index is 1.62. The Morgan fingerprint density at radius 2 is 1.56 bits per heavy atom. The number of halogens is 2. The van der Waals surface area contributed by atoms with Crippen LogP contribution in [0.2, 0.25) is 0 Å². The van der Waals surface area contributed by atoms with E-state index in [9.17, 15) is 24.9 Å². The number of aromatic nitrogens is 1. The van der Waals surface area contributed by atoms with E-state index >= 15 is 8.78 Å². The second-order valence-corrected chi connectivity index (χ2v) is 9.59. The third kappa shape index (κ3) is 6.41. The fraction of sp³-hybridized carbons (Fsp3) is 0.100. The summed E-state index contributed by atoms with van der Waals surface area (Å²) in [5, 5.41) is 36.7. The number of carboxylic acids is 2. The molecule has 5 rings (SSSR count). The zero-order valence-corrected chi connectivity index (χ0v) is 23.2. The zero-order chi connectivity index (χ0) is 32.4. The van der Waals surface area contributed by atoms with Crippen LogP contribution in [0, 0.1) is 17.0 Å². The summed E-state index contributed by atoms with van der Waals surface area (Å²) in [5.41, 5.74) is 5.17. The molecule has 2 heterocycles. The lowest BCUT2D eigenvalue weighted by Crippen LogP contribution is -2.23. The van der Waals surface area contributed by atoms with Gasteiger partial charge in [-0.2, -0.15) is 13.8 Å². The third-order valence-corrected chi connectivity index (χ3v) is 6.44. The van der Waals surface area contributed by atoms with Gasteiger partial charge >= 0.3 is 11.9 Å². The quantitative estimate of drug-likeness (QED) is 0.120. The summed E-state index contributed by atoms with van der Waals surface area (Å²) >= 11 is 0. The molecule has 0 amide bonds. The highest BCUT2D eigenvalue weighted by molar-refractivity contribution is 6.00. The van der Waals surface area contributed by atoms with Crippen LogP contribution in [0.5, 0.6) is 40.5 Å². The first kappa shape index (κ1) is 30.2. The van der Waals surface area contributed by atoms with Crippen LogP contribution in [0.4, 0.5) is 8.78 Å². The number of carbonyl (C=O) groups is 2. The van der Waals surface area contributed by atoms with Gasteiger partial charge in [0.05, 0.1) is 17.7 Å². The van der Waals surface area contributed by atoms with Crippen molar-refractivity contribution >= 4 is 23.6 Å². The first-order valence-electron chi connectivity index (χ1n) is 13.0. The van der Waals surface area contributed by atoms with Gasteiger partial charge in [-0.05, 0) is 48.5 Å². The molecule has 1 aromatic heterocycles. The highest BCUT2D eigenvalue weighted by Crippen LogP contribution is 2.41. The topological polar surface area (TPSA) is 201 Å². The number of aromatic carboxylic acids is 2. The largest absolute Gasteiger partial charge is 0.504 e. The Kier molecular flexibility index (Phi) is 8.17. The number of phenols is 1. The molecule has 4 aromatic rings. The number of nitrogens with one attached hydrogen (secondary N) is 1. The number of pyridine rings is 1. The van der Waals surface area contributed by atoms with Crippen molar-refractivity contribution in [3.8, 4) is 40.5 Å². The van der Waals surface area contributed by atoms with Crippen LogP contribution in [0.1, 0.15) is 31.8 Å². The summed E-state index contributed by atoms with van der Waals surface area (Å²) in [6.07, 6.45) is 0. The van der Waals surface area contributed by atoms with Crippen molar-refractivity contribution in [1.29, 1.82) is 5.41 Å². The number of ether oxygens (including phenoxy) is 3. The van der Waals surface area contributed by atoms with Crippen LogP contribution in [0.25, 0.3) is 0 Å². The van der Waals surface area contributed by atoms with Crippen molar-refractivity contribution in [3.05, 3.63) is 94.6 Å². The second kappa shape index (κ2) is 12.2. The Morgan fingerprint density at radius 3 is 2.16 bits per heavy atom. The predicted octanol–water partition coefficient (Wildman–Crippen LogP) is 4.81. The van der Waals surface area contributed by atoms with Gasteiger partial charge in [-0.15, -0.1) is 0 Å². The molecular weight excluding hydrogens is 596 g/mol. The van der Waals surface area contributed by atoms with Crippen LogP contribution in [-0.4, -0.2) is 69.0 Å². The lowest BCUT2D eigenvalue weighted by atomic mass is 10.1. The van der Waals surface area contributed by atoms with Crippen molar-refractivity contribution in [2.24, 2.45) is 10.7 Å². The third-order valence-electron chi connectivity index (χ3n) is 6.44. The number of amidine groups is 2. The summed E-state index contributed by atoms with van der Waals surface area (Å²) < 4.78 is 48.2. The SMILES string of the molecule is CN1CCN=C1c1cccc(Oc2nc(Oc3cc(C(=N)N)ccc3O)c(F)c(Oc3cc(C(=O)O)cc(C(=O)O)c3)c2F)c1. The fourth-order valence-electron chi connectivity index (χ4n) is 4.25. The Morgan fingerprint density at radius 1 is 0.889 bits per heavy atom. The van der Waals surface area contributed by atoms with E-state index in [0.29, 0.717) is 24.5 Å². The highest BCUT2D eigenvalue weighted by atomic mass is 19.1. The molecule has 0 saturated carbocycles. The smallest absolute Gasteiger partial charge is 0.335 e.